The summed E-state index contributed by atoms with van der Waals surface area (Å²) in [4.78, 5) is 14.5. The first-order chi connectivity index (χ1) is 9.56. The Kier molecular flexibility index (Phi) is 4.76. The molecule has 0 radical (unpaired) electrons. The first-order valence-electron chi connectivity index (χ1n) is 6.99. The maximum absolute atomic E-state index is 12.7. The summed E-state index contributed by atoms with van der Waals surface area (Å²) in [5.41, 5.74) is 6.66. The van der Waals surface area contributed by atoms with Crippen LogP contribution in [0.1, 0.15) is 36.5 Å². The minimum atomic E-state index is -0.0260. The molecule has 0 bridgehead atoms. The number of carbonyl (C=O) groups is 1. The number of amides is 1. The average molecular weight is 297 g/mol. The second-order valence-corrected chi connectivity index (χ2v) is 5.65. The Morgan fingerprint density at radius 2 is 2.30 bits per heavy atom. The molecule has 1 aliphatic heterocycles. The number of piperidine rings is 1. The SMILES string of the molecule is CCC1CCCN(C(=O)c2cc(Cl)c(N)cc2OC)C1. The number of ether oxygens (including phenoxy) is 1. The van der Waals surface area contributed by atoms with Crippen LogP contribution in [0, 0.1) is 5.92 Å². The molecule has 1 amide bonds. The highest BCUT2D eigenvalue weighted by atomic mass is 35.5. The zero-order valence-corrected chi connectivity index (χ0v) is 12.7. The van der Waals surface area contributed by atoms with Gasteiger partial charge in [0, 0.05) is 19.2 Å². The smallest absolute Gasteiger partial charge is 0.257 e. The molecule has 110 valence electrons. The summed E-state index contributed by atoms with van der Waals surface area (Å²) in [6.45, 7) is 3.76. The summed E-state index contributed by atoms with van der Waals surface area (Å²) in [6.07, 6.45) is 3.35. The van der Waals surface area contributed by atoms with E-state index in [0.29, 0.717) is 27.9 Å². The van der Waals surface area contributed by atoms with Crippen LogP contribution in [-0.4, -0.2) is 31.0 Å². The molecule has 2 rings (SSSR count). The first kappa shape index (κ1) is 15.0. The molecule has 1 heterocycles. The van der Waals surface area contributed by atoms with Crippen LogP contribution >= 0.6 is 11.6 Å². The zero-order valence-electron chi connectivity index (χ0n) is 12.0. The number of nitrogens with two attached hydrogens (primary N) is 1. The van der Waals surface area contributed by atoms with Crippen molar-refractivity contribution < 1.29 is 9.53 Å². The van der Waals surface area contributed by atoms with Gasteiger partial charge in [-0.15, -0.1) is 0 Å². The van der Waals surface area contributed by atoms with Gasteiger partial charge in [0.25, 0.3) is 5.91 Å². The Morgan fingerprint density at radius 1 is 1.55 bits per heavy atom. The van der Waals surface area contributed by atoms with Crippen LogP contribution < -0.4 is 10.5 Å². The molecule has 0 aliphatic carbocycles. The molecule has 1 atom stereocenters. The quantitative estimate of drug-likeness (QED) is 0.872. The van der Waals surface area contributed by atoms with Crippen LogP contribution in [-0.2, 0) is 0 Å². The Labute approximate surface area is 124 Å². The number of halogens is 1. The van der Waals surface area contributed by atoms with Crippen LogP contribution in [0.15, 0.2) is 12.1 Å². The number of likely N-dealkylation sites (tertiary alicyclic amines) is 1. The third-order valence-corrected chi connectivity index (χ3v) is 4.26. The van der Waals surface area contributed by atoms with E-state index in [0.717, 1.165) is 25.9 Å². The third-order valence-electron chi connectivity index (χ3n) is 3.93. The summed E-state index contributed by atoms with van der Waals surface area (Å²) in [6, 6.07) is 3.21. The second-order valence-electron chi connectivity index (χ2n) is 5.24. The van der Waals surface area contributed by atoms with Gasteiger partial charge in [-0.3, -0.25) is 4.79 Å². The maximum atomic E-state index is 12.7. The van der Waals surface area contributed by atoms with E-state index in [4.69, 9.17) is 22.1 Å². The van der Waals surface area contributed by atoms with Crippen molar-refractivity contribution in [2.75, 3.05) is 25.9 Å². The first-order valence-corrected chi connectivity index (χ1v) is 7.36. The lowest BCUT2D eigenvalue weighted by Crippen LogP contribution is -2.39. The number of nitrogen functional groups attached to an aromatic ring is 1. The number of hydrogen-bond donors (Lipinski definition) is 1. The molecule has 0 spiro atoms. The summed E-state index contributed by atoms with van der Waals surface area (Å²) < 4.78 is 5.26. The van der Waals surface area contributed by atoms with Gasteiger partial charge in [0.15, 0.2) is 0 Å². The Balaban J connectivity index is 2.26. The predicted octanol–water partition coefficient (Wildman–Crippen LogP) is 3.19. The Bertz CT molecular complexity index is 505. The van der Waals surface area contributed by atoms with Crippen molar-refractivity contribution in [2.45, 2.75) is 26.2 Å². The molecule has 2 N–H and O–H groups in total. The number of methoxy groups -OCH3 is 1. The number of carbonyl (C=O) groups excluding carboxylic acids is 1. The van der Waals surface area contributed by atoms with Gasteiger partial charge >= 0.3 is 0 Å². The van der Waals surface area contributed by atoms with E-state index in [1.54, 1.807) is 12.1 Å². The van der Waals surface area contributed by atoms with Crippen molar-refractivity contribution >= 4 is 23.2 Å². The molecular formula is C15H21ClN2O2. The van der Waals surface area contributed by atoms with Crippen LogP contribution in [0.25, 0.3) is 0 Å². The van der Waals surface area contributed by atoms with Crippen molar-refractivity contribution in [3.8, 4) is 5.75 Å². The number of rotatable bonds is 3. The molecule has 5 heteroatoms. The van der Waals surface area contributed by atoms with Gasteiger partial charge in [-0.1, -0.05) is 24.9 Å². The number of anilines is 1. The minimum Gasteiger partial charge on any atom is -0.496 e. The van der Waals surface area contributed by atoms with Gasteiger partial charge in [0.1, 0.15) is 5.75 Å². The molecule has 20 heavy (non-hydrogen) atoms. The lowest BCUT2D eigenvalue weighted by molar-refractivity contribution is 0.0668. The summed E-state index contributed by atoms with van der Waals surface area (Å²) in [5, 5.41) is 0.387. The number of benzene rings is 1. The minimum absolute atomic E-state index is 0.0260. The second kappa shape index (κ2) is 6.35. The average Bonchev–Trinajstić information content (AvgIpc) is 2.48. The van der Waals surface area contributed by atoms with Crippen LogP contribution in [0.4, 0.5) is 5.69 Å². The van der Waals surface area contributed by atoms with E-state index >= 15 is 0 Å². The Morgan fingerprint density at radius 3 is 2.95 bits per heavy atom. The van der Waals surface area contributed by atoms with E-state index in [1.807, 2.05) is 4.90 Å². The monoisotopic (exact) mass is 296 g/mol. The summed E-state index contributed by atoms with van der Waals surface area (Å²) in [5.74, 6) is 1.04. The fourth-order valence-electron chi connectivity index (χ4n) is 2.66. The van der Waals surface area contributed by atoms with Crippen molar-refractivity contribution in [3.63, 3.8) is 0 Å². The van der Waals surface area contributed by atoms with Gasteiger partial charge in [0.05, 0.1) is 23.4 Å². The normalized spacial score (nSPS) is 18.9. The van der Waals surface area contributed by atoms with E-state index in [9.17, 15) is 4.79 Å². The molecule has 0 saturated carbocycles. The summed E-state index contributed by atoms with van der Waals surface area (Å²) in [7, 11) is 1.53. The van der Waals surface area contributed by atoms with Crippen LogP contribution in [0.5, 0.6) is 5.75 Å². The van der Waals surface area contributed by atoms with Gasteiger partial charge in [0.2, 0.25) is 0 Å². The van der Waals surface area contributed by atoms with Crippen LogP contribution in [0.3, 0.4) is 0 Å². The fourth-order valence-corrected chi connectivity index (χ4v) is 2.82. The topological polar surface area (TPSA) is 55.6 Å². The Hall–Kier alpha value is -1.42. The van der Waals surface area contributed by atoms with E-state index in [2.05, 4.69) is 6.92 Å². The van der Waals surface area contributed by atoms with E-state index in [1.165, 1.54) is 13.5 Å². The molecular weight excluding hydrogens is 276 g/mol. The number of nitrogens with zero attached hydrogens (tertiary/aromatic N) is 1. The highest BCUT2D eigenvalue weighted by Crippen LogP contribution is 2.31. The third kappa shape index (κ3) is 3.01. The fraction of sp³-hybridized carbons (Fsp3) is 0.533. The van der Waals surface area contributed by atoms with Crippen molar-refractivity contribution in [1.82, 2.24) is 4.90 Å². The zero-order chi connectivity index (χ0) is 14.7. The maximum Gasteiger partial charge on any atom is 0.257 e. The molecule has 0 aromatic heterocycles. The van der Waals surface area contributed by atoms with Crippen molar-refractivity contribution in [1.29, 1.82) is 0 Å². The standard InChI is InChI=1S/C15H21ClN2O2/c1-3-10-5-4-6-18(9-10)15(19)11-7-12(16)13(17)8-14(11)20-2/h7-8,10H,3-6,9,17H2,1-2H3. The van der Waals surface area contributed by atoms with Gasteiger partial charge < -0.3 is 15.4 Å². The van der Waals surface area contributed by atoms with Crippen molar-refractivity contribution in [2.24, 2.45) is 5.92 Å². The van der Waals surface area contributed by atoms with Gasteiger partial charge in [-0.2, -0.15) is 0 Å². The highest BCUT2D eigenvalue weighted by Gasteiger charge is 2.26. The number of hydrogen-bond acceptors (Lipinski definition) is 3. The van der Waals surface area contributed by atoms with Gasteiger partial charge in [-0.25, -0.2) is 0 Å². The molecule has 1 saturated heterocycles. The molecule has 1 aromatic rings. The predicted molar refractivity (Wildman–Crippen MR) is 81.3 cm³/mol. The lowest BCUT2D eigenvalue weighted by Gasteiger charge is -2.32. The lowest BCUT2D eigenvalue weighted by atomic mass is 9.95. The van der Waals surface area contributed by atoms with Crippen LogP contribution in [0.2, 0.25) is 5.02 Å². The van der Waals surface area contributed by atoms with Gasteiger partial charge in [-0.05, 0) is 24.8 Å². The van der Waals surface area contributed by atoms with E-state index < -0.39 is 0 Å². The molecule has 4 nitrogen and oxygen atoms in total. The molecule has 1 aliphatic rings. The summed E-state index contributed by atoms with van der Waals surface area (Å²) >= 11 is 6.03. The van der Waals surface area contributed by atoms with Crippen molar-refractivity contribution in [3.05, 3.63) is 22.7 Å². The highest BCUT2D eigenvalue weighted by molar-refractivity contribution is 6.33. The van der Waals surface area contributed by atoms with E-state index in [-0.39, 0.29) is 5.91 Å². The molecule has 1 aromatic carbocycles. The largest absolute Gasteiger partial charge is 0.496 e. The molecule has 1 fully saturated rings. The molecule has 1 unspecified atom stereocenters.